The lowest BCUT2D eigenvalue weighted by molar-refractivity contribution is 0.807. The van der Waals surface area contributed by atoms with Crippen molar-refractivity contribution in [3.63, 3.8) is 0 Å². The van der Waals surface area contributed by atoms with Gasteiger partial charge in [-0.05, 0) is 49.6 Å². The maximum Gasteiger partial charge on any atom is 0.0410 e. The number of benzene rings is 3. The van der Waals surface area contributed by atoms with E-state index in [9.17, 15) is 0 Å². The molecule has 0 unspecified atom stereocenters. The molecule has 23 heavy (non-hydrogen) atoms. The van der Waals surface area contributed by atoms with Gasteiger partial charge in [0.2, 0.25) is 0 Å². The van der Waals surface area contributed by atoms with E-state index in [2.05, 4.69) is 96.8 Å². The molecule has 0 atom stereocenters. The van der Waals surface area contributed by atoms with Crippen molar-refractivity contribution in [1.82, 2.24) is 0 Å². The molecule has 1 heteroatoms. The minimum atomic E-state index is 1.02. The van der Waals surface area contributed by atoms with Crippen LogP contribution in [0.2, 0.25) is 0 Å². The second-order valence-electron chi connectivity index (χ2n) is 5.91. The molecule has 0 radical (unpaired) electrons. The van der Waals surface area contributed by atoms with Gasteiger partial charge in [-0.25, -0.2) is 0 Å². The number of rotatable bonds is 6. The van der Waals surface area contributed by atoms with Crippen LogP contribution in [0.15, 0.2) is 84.9 Å². The monoisotopic (exact) mass is 301 g/mol. The Labute approximate surface area is 139 Å². The van der Waals surface area contributed by atoms with Gasteiger partial charge in [0.05, 0.1) is 0 Å². The molecule has 116 valence electrons. The van der Waals surface area contributed by atoms with Crippen molar-refractivity contribution in [2.75, 3.05) is 11.4 Å². The van der Waals surface area contributed by atoms with Gasteiger partial charge in [0.1, 0.15) is 0 Å². The van der Waals surface area contributed by atoms with E-state index < -0.39 is 0 Å². The van der Waals surface area contributed by atoms with Gasteiger partial charge in [-0.3, -0.25) is 0 Å². The highest BCUT2D eigenvalue weighted by Crippen LogP contribution is 2.26. The normalized spacial score (nSPS) is 10.5. The average Bonchev–Trinajstić information content (AvgIpc) is 2.61. The first kappa shape index (κ1) is 15.4. The lowest BCUT2D eigenvalue weighted by Crippen LogP contribution is -2.18. The van der Waals surface area contributed by atoms with Crippen LogP contribution in [0, 0.1) is 6.92 Å². The molecule has 0 aliphatic carbocycles. The number of anilines is 2. The standard InChI is InChI=1S/C22H23N/c1-19-14-16-22(17-15-19)23(21-12-6-3-7-13-21)18-8-11-20-9-4-2-5-10-20/h2-7,9-10,12-17H,8,11,18H2,1H3. The Balaban J connectivity index is 1.74. The summed E-state index contributed by atoms with van der Waals surface area (Å²) in [7, 11) is 0. The highest BCUT2D eigenvalue weighted by molar-refractivity contribution is 5.63. The Hall–Kier alpha value is -2.54. The molecular formula is C22H23N. The van der Waals surface area contributed by atoms with Crippen molar-refractivity contribution in [2.45, 2.75) is 19.8 Å². The van der Waals surface area contributed by atoms with Gasteiger partial charge in [0.25, 0.3) is 0 Å². The second-order valence-corrected chi connectivity index (χ2v) is 5.91. The van der Waals surface area contributed by atoms with E-state index in [0.717, 1.165) is 19.4 Å². The third-order valence-corrected chi connectivity index (χ3v) is 4.10. The Bertz CT molecular complexity index is 702. The summed E-state index contributed by atoms with van der Waals surface area (Å²) >= 11 is 0. The lowest BCUT2D eigenvalue weighted by atomic mass is 10.1. The maximum atomic E-state index is 2.41. The fourth-order valence-electron chi connectivity index (χ4n) is 2.83. The molecule has 0 aliphatic heterocycles. The van der Waals surface area contributed by atoms with Crippen LogP contribution in [0.1, 0.15) is 17.5 Å². The van der Waals surface area contributed by atoms with Crippen LogP contribution in [0.5, 0.6) is 0 Å². The summed E-state index contributed by atoms with van der Waals surface area (Å²) in [5.41, 5.74) is 5.22. The van der Waals surface area contributed by atoms with Crippen molar-refractivity contribution in [3.05, 3.63) is 96.1 Å². The van der Waals surface area contributed by atoms with Gasteiger partial charge in [-0.2, -0.15) is 0 Å². The fraction of sp³-hybridized carbons (Fsp3) is 0.182. The molecule has 3 aromatic rings. The molecule has 1 nitrogen and oxygen atoms in total. The molecule has 0 amide bonds. The molecule has 0 fully saturated rings. The lowest BCUT2D eigenvalue weighted by Gasteiger charge is -2.25. The molecule has 0 aromatic heterocycles. The van der Waals surface area contributed by atoms with Gasteiger partial charge in [-0.15, -0.1) is 0 Å². The molecule has 0 bridgehead atoms. The molecule has 0 N–H and O–H groups in total. The number of nitrogens with zero attached hydrogens (tertiary/aromatic N) is 1. The topological polar surface area (TPSA) is 3.24 Å². The van der Waals surface area contributed by atoms with E-state index in [1.165, 1.54) is 22.5 Å². The zero-order valence-electron chi connectivity index (χ0n) is 13.7. The first-order valence-corrected chi connectivity index (χ1v) is 8.26. The predicted octanol–water partition coefficient (Wildman–Crippen LogP) is 5.77. The number of aryl methyl sites for hydroxylation is 2. The SMILES string of the molecule is Cc1ccc(N(CCCc2ccccc2)c2ccccc2)cc1. The molecule has 0 spiro atoms. The van der Waals surface area contributed by atoms with Crippen LogP contribution in [0.25, 0.3) is 0 Å². The van der Waals surface area contributed by atoms with Crippen molar-refractivity contribution in [1.29, 1.82) is 0 Å². The minimum absolute atomic E-state index is 1.02. The average molecular weight is 301 g/mol. The molecule has 0 saturated heterocycles. The van der Waals surface area contributed by atoms with E-state index >= 15 is 0 Å². The van der Waals surface area contributed by atoms with Crippen LogP contribution < -0.4 is 4.90 Å². The summed E-state index contributed by atoms with van der Waals surface area (Å²) in [5, 5.41) is 0. The van der Waals surface area contributed by atoms with Crippen LogP contribution in [0.4, 0.5) is 11.4 Å². The van der Waals surface area contributed by atoms with Crippen molar-refractivity contribution in [2.24, 2.45) is 0 Å². The molecule has 0 heterocycles. The third kappa shape index (κ3) is 4.23. The Morgan fingerprint density at radius 1 is 0.652 bits per heavy atom. The quantitative estimate of drug-likeness (QED) is 0.559. The first-order valence-electron chi connectivity index (χ1n) is 8.26. The summed E-state index contributed by atoms with van der Waals surface area (Å²) in [6.45, 7) is 3.15. The molecule has 0 saturated carbocycles. The molecule has 0 aliphatic rings. The third-order valence-electron chi connectivity index (χ3n) is 4.10. The zero-order valence-corrected chi connectivity index (χ0v) is 13.7. The largest absolute Gasteiger partial charge is 0.341 e. The zero-order chi connectivity index (χ0) is 15.9. The smallest absolute Gasteiger partial charge is 0.0410 e. The van der Waals surface area contributed by atoms with E-state index in [1.807, 2.05) is 0 Å². The summed E-state index contributed by atoms with van der Waals surface area (Å²) < 4.78 is 0. The van der Waals surface area contributed by atoms with E-state index in [0.29, 0.717) is 0 Å². The maximum absolute atomic E-state index is 2.41. The number of hydrogen-bond donors (Lipinski definition) is 0. The van der Waals surface area contributed by atoms with Gasteiger partial charge in [-0.1, -0.05) is 66.2 Å². The highest BCUT2D eigenvalue weighted by atomic mass is 15.1. The number of para-hydroxylation sites is 1. The van der Waals surface area contributed by atoms with E-state index in [4.69, 9.17) is 0 Å². The second kappa shape index (κ2) is 7.64. The Morgan fingerprint density at radius 3 is 1.87 bits per heavy atom. The minimum Gasteiger partial charge on any atom is -0.341 e. The molecular weight excluding hydrogens is 278 g/mol. The van der Waals surface area contributed by atoms with E-state index in [-0.39, 0.29) is 0 Å². The Morgan fingerprint density at radius 2 is 1.22 bits per heavy atom. The van der Waals surface area contributed by atoms with Gasteiger partial charge < -0.3 is 4.90 Å². The first-order chi connectivity index (χ1) is 11.3. The highest BCUT2D eigenvalue weighted by Gasteiger charge is 2.08. The summed E-state index contributed by atoms with van der Waals surface area (Å²) in [6, 6.07) is 30.2. The van der Waals surface area contributed by atoms with Crippen molar-refractivity contribution in [3.8, 4) is 0 Å². The summed E-state index contributed by atoms with van der Waals surface area (Å²) in [5.74, 6) is 0. The van der Waals surface area contributed by atoms with Gasteiger partial charge in [0, 0.05) is 17.9 Å². The van der Waals surface area contributed by atoms with Crippen molar-refractivity contribution >= 4 is 11.4 Å². The van der Waals surface area contributed by atoms with Gasteiger partial charge >= 0.3 is 0 Å². The summed E-state index contributed by atoms with van der Waals surface area (Å²) in [4.78, 5) is 2.41. The Kier molecular flexibility index (Phi) is 5.10. The van der Waals surface area contributed by atoms with Crippen LogP contribution in [-0.2, 0) is 6.42 Å². The van der Waals surface area contributed by atoms with Gasteiger partial charge in [0.15, 0.2) is 0 Å². The summed E-state index contributed by atoms with van der Waals surface area (Å²) in [6.07, 6.45) is 2.24. The van der Waals surface area contributed by atoms with Crippen molar-refractivity contribution < 1.29 is 0 Å². The molecule has 3 aromatic carbocycles. The van der Waals surface area contributed by atoms with Crippen LogP contribution in [0.3, 0.4) is 0 Å². The predicted molar refractivity (Wildman–Crippen MR) is 99.4 cm³/mol. The van der Waals surface area contributed by atoms with Crippen LogP contribution in [-0.4, -0.2) is 6.54 Å². The van der Waals surface area contributed by atoms with E-state index in [1.54, 1.807) is 0 Å². The number of hydrogen-bond acceptors (Lipinski definition) is 1. The molecule has 3 rings (SSSR count). The fourth-order valence-corrected chi connectivity index (χ4v) is 2.83. The van der Waals surface area contributed by atoms with Crippen LogP contribution >= 0.6 is 0 Å².